The van der Waals surface area contributed by atoms with Crippen molar-refractivity contribution < 1.29 is 19.1 Å². The number of anilines is 2. The molecule has 116 valence electrons. The number of carboxylic acid groups (broad SMARTS) is 1. The van der Waals surface area contributed by atoms with Gasteiger partial charge < -0.3 is 20.6 Å². The van der Waals surface area contributed by atoms with Gasteiger partial charge in [0.2, 0.25) is 5.91 Å². The van der Waals surface area contributed by atoms with Crippen molar-refractivity contribution in [3.05, 3.63) is 23.5 Å². The number of aromatic carboxylic acids is 1. The van der Waals surface area contributed by atoms with E-state index in [2.05, 4.69) is 0 Å². The predicted molar refractivity (Wildman–Crippen MR) is 79.0 cm³/mol. The molecule has 3 N–H and O–H groups in total. The quantitative estimate of drug-likeness (QED) is 0.775. The molecular formula is C14H20FN3O3. The molecule has 0 spiro atoms. The van der Waals surface area contributed by atoms with Crippen molar-refractivity contribution in [2.24, 2.45) is 0 Å². The molecule has 1 amide bonds. The van der Waals surface area contributed by atoms with Gasteiger partial charge in [-0.2, -0.15) is 0 Å². The summed E-state index contributed by atoms with van der Waals surface area (Å²) in [6.45, 7) is 2.48. The summed E-state index contributed by atoms with van der Waals surface area (Å²) >= 11 is 0. The van der Waals surface area contributed by atoms with Crippen LogP contribution in [0.5, 0.6) is 0 Å². The highest BCUT2D eigenvalue weighted by Gasteiger charge is 2.19. The fourth-order valence-electron chi connectivity index (χ4n) is 1.88. The second-order valence-corrected chi connectivity index (χ2v) is 4.91. The van der Waals surface area contributed by atoms with Crippen LogP contribution < -0.4 is 10.6 Å². The molecule has 0 atom stereocenters. The molecule has 1 aromatic rings. The number of carbonyl (C=O) groups excluding carboxylic acids is 1. The summed E-state index contributed by atoms with van der Waals surface area (Å²) < 4.78 is 13.8. The Balaban J connectivity index is 3.16. The number of nitrogen functional groups attached to an aromatic ring is 1. The van der Waals surface area contributed by atoms with Gasteiger partial charge in [0.15, 0.2) is 0 Å². The van der Waals surface area contributed by atoms with Crippen molar-refractivity contribution >= 4 is 23.3 Å². The Labute approximate surface area is 122 Å². The number of hydrogen-bond acceptors (Lipinski definition) is 4. The van der Waals surface area contributed by atoms with E-state index in [1.54, 1.807) is 19.0 Å². The van der Waals surface area contributed by atoms with Gasteiger partial charge in [0.05, 0.1) is 23.5 Å². The molecule has 6 nitrogen and oxygen atoms in total. The lowest BCUT2D eigenvalue weighted by atomic mass is 10.1. The molecule has 0 radical (unpaired) electrons. The van der Waals surface area contributed by atoms with Gasteiger partial charge in [-0.1, -0.05) is 6.92 Å². The third kappa shape index (κ3) is 4.08. The van der Waals surface area contributed by atoms with E-state index in [1.165, 1.54) is 4.90 Å². The van der Waals surface area contributed by atoms with Crippen LogP contribution in [0, 0.1) is 5.82 Å². The number of hydrogen-bond donors (Lipinski definition) is 2. The molecule has 0 heterocycles. The highest BCUT2D eigenvalue weighted by molar-refractivity contribution is 5.91. The lowest BCUT2D eigenvalue weighted by Gasteiger charge is -2.26. The number of halogens is 1. The molecule has 0 aliphatic rings. The van der Waals surface area contributed by atoms with E-state index in [-0.39, 0.29) is 18.1 Å². The summed E-state index contributed by atoms with van der Waals surface area (Å²) in [7, 11) is 3.26. The number of likely N-dealkylation sites (N-methyl/N-ethyl adjacent to an activating group) is 1. The first-order chi connectivity index (χ1) is 9.77. The molecule has 1 aromatic carbocycles. The fourth-order valence-corrected chi connectivity index (χ4v) is 1.88. The Morgan fingerprint density at radius 1 is 1.33 bits per heavy atom. The van der Waals surface area contributed by atoms with Gasteiger partial charge in [0, 0.05) is 26.7 Å². The zero-order chi connectivity index (χ0) is 16.2. The first kappa shape index (κ1) is 16.7. The Bertz CT molecular complexity index is 547. The lowest BCUT2D eigenvalue weighted by molar-refractivity contribution is -0.127. The molecule has 0 aliphatic carbocycles. The predicted octanol–water partition coefficient (Wildman–Crippen LogP) is 1.41. The Morgan fingerprint density at radius 2 is 1.95 bits per heavy atom. The van der Waals surface area contributed by atoms with Gasteiger partial charge in [-0.15, -0.1) is 0 Å². The summed E-state index contributed by atoms with van der Waals surface area (Å²) in [5, 5.41) is 8.87. The Hall–Kier alpha value is -2.31. The van der Waals surface area contributed by atoms with Crippen LogP contribution in [0.2, 0.25) is 0 Å². The molecular weight excluding hydrogens is 277 g/mol. The van der Waals surface area contributed by atoms with Crippen molar-refractivity contribution in [2.75, 3.05) is 37.8 Å². The lowest BCUT2D eigenvalue weighted by Crippen LogP contribution is -2.37. The molecule has 7 heteroatoms. The van der Waals surface area contributed by atoms with Crippen molar-refractivity contribution in [1.82, 2.24) is 4.90 Å². The highest BCUT2D eigenvalue weighted by atomic mass is 19.1. The average molecular weight is 297 g/mol. The first-order valence-corrected chi connectivity index (χ1v) is 6.55. The zero-order valence-electron chi connectivity index (χ0n) is 12.4. The van der Waals surface area contributed by atoms with E-state index in [0.717, 1.165) is 18.6 Å². The van der Waals surface area contributed by atoms with Crippen molar-refractivity contribution in [2.45, 2.75) is 13.3 Å². The van der Waals surface area contributed by atoms with Gasteiger partial charge in [0.25, 0.3) is 0 Å². The normalized spacial score (nSPS) is 10.3. The van der Waals surface area contributed by atoms with Gasteiger partial charge in [-0.05, 0) is 12.5 Å². The minimum atomic E-state index is -1.38. The highest BCUT2D eigenvalue weighted by Crippen LogP contribution is 2.27. The number of nitrogens with zero attached hydrogens (tertiary/aromatic N) is 2. The number of benzene rings is 1. The molecule has 0 aromatic heterocycles. The van der Waals surface area contributed by atoms with Crippen molar-refractivity contribution in [3.63, 3.8) is 0 Å². The average Bonchev–Trinajstić information content (AvgIpc) is 2.39. The summed E-state index contributed by atoms with van der Waals surface area (Å²) in [5.41, 5.74) is 5.80. The Morgan fingerprint density at radius 3 is 2.43 bits per heavy atom. The summed E-state index contributed by atoms with van der Waals surface area (Å²) in [6, 6.07) is 2.15. The van der Waals surface area contributed by atoms with Crippen molar-refractivity contribution in [3.8, 4) is 0 Å². The first-order valence-electron chi connectivity index (χ1n) is 6.55. The molecule has 21 heavy (non-hydrogen) atoms. The van der Waals surface area contributed by atoms with Crippen LogP contribution in [-0.4, -0.2) is 49.1 Å². The van der Waals surface area contributed by atoms with Crippen LogP contribution in [0.1, 0.15) is 23.7 Å². The van der Waals surface area contributed by atoms with E-state index in [4.69, 9.17) is 10.8 Å². The topological polar surface area (TPSA) is 86.9 Å². The van der Waals surface area contributed by atoms with Gasteiger partial charge in [-0.3, -0.25) is 4.79 Å². The van der Waals surface area contributed by atoms with Crippen LogP contribution in [0.15, 0.2) is 12.1 Å². The third-order valence-electron chi connectivity index (χ3n) is 3.01. The number of amides is 1. The van der Waals surface area contributed by atoms with Gasteiger partial charge >= 0.3 is 5.97 Å². The van der Waals surface area contributed by atoms with Crippen LogP contribution in [0.3, 0.4) is 0 Å². The molecule has 0 saturated heterocycles. The van der Waals surface area contributed by atoms with Crippen LogP contribution >= 0.6 is 0 Å². The molecule has 0 fully saturated rings. The van der Waals surface area contributed by atoms with E-state index in [0.29, 0.717) is 12.2 Å². The van der Waals surface area contributed by atoms with E-state index in [9.17, 15) is 14.0 Å². The molecule has 1 rings (SSSR count). The smallest absolute Gasteiger partial charge is 0.338 e. The Kier molecular flexibility index (Phi) is 5.52. The van der Waals surface area contributed by atoms with Gasteiger partial charge in [0.1, 0.15) is 5.82 Å². The van der Waals surface area contributed by atoms with Crippen LogP contribution in [-0.2, 0) is 4.79 Å². The van der Waals surface area contributed by atoms with Crippen LogP contribution in [0.25, 0.3) is 0 Å². The second kappa shape index (κ2) is 6.92. The SMILES string of the molecule is CCCN(CC(=O)N(C)C)c1cc(F)c(C(=O)O)cc1N. The summed E-state index contributed by atoms with van der Waals surface area (Å²) in [5.74, 6) is -2.40. The second-order valence-electron chi connectivity index (χ2n) is 4.91. The number of rotatable bonds is 6. The van der Waals surface area contributed by atoms with Gasteiger partial charge in [-0.25, -0.2) is 9.18 Å². The van der Waals surface area contributed by atoms with E-state index in [1.807, 2.05) is 6.92 Å². The fraction of sp³-hybridized carbons (Fsp3) is 0.429. The molecule has 0 bridgehead atoms. The maximum Gasteiger partial charge on any atom is 0.338 e. The summed E-state index contributed by atoms with van der Waals surface area (Å²) in [4.78, 5) is 25.8. The zero-order valence-corrected chi connectivity index (χ0v) is 12.4. The summed E-state index contributed by atoms with van der Waals surface area (Å²) in [6.07, 6.45) is 0.739. The minimum Gasteiger partial charge on any atom is -0.478 e. The van der Waals surface area contributed by atoms with Crippen molar-refractivity contribution in [1.29, 1.82) is 0 Å². The largest absolute Gasteiger partial charge is 0.478 e. The van der Waals surface area contributed by atoms with Crippen LogP contribution in [0.4, 0.5) is 15.8 Å². The monoisotopic (exact) mass is 297 g/mol. The van der Waals surface area contributed by atoms with E-state index >= 15 is 0 Å². The standard InChI is InChI=1S/C14H20FN3O3/c1-4-5-18(8-13(19)17(2)3)12-7-10(15)9(14(20)21)6-11(12)16/h6-7H,4-5,8,16H2,1-3H3,(H,20,21). The van der Waals surface area contributed by atoms with E-state index < -0.39 is 17.3 Å². The third-order valence-corrected chi connectivity index (χ3v) is 3.01. The molecule has 0 saturated carbocycles. The number of nitrogens with two attached hydrogens (primary N) is 1. The molecule has 0 aliphatic heterocycles. The maximum absolute atomic E-state index is 13.8. The molecule has 0 unspecified atom stereocenters. The maximum atomic E-state index is 13.8. The number of carbonyl (C=O) groups is 2. The minimum absolute atomic E-state index is 0.0525. The number of carboxylic acids is 1.